The van der Waals surface area contributed by atoms with Crippen molar-refractivity contribution in [2.24, 2.45) is 4.99 Å². The normalized spacial score (nSPS) is 17.1. The van der Waals surface area contributed by atoms with Crippen molar-refractivity contribution in [2.75, 3.05) is 39.3 Å². The number of sulfonamides is 1. The molecule has 1 aliphatic heterocycles. The quantitative estimate of drug-likeness (QED) is 0.388. The Morgan fingerprint density at radius 3 is 2.57 bits per heavy atom. The number of nitrogens with one attached hydrogen (secondary N) is 1. The zero-order valence-corrected chi connectivity index (χ0v) is 16.6. The molecule has 1 aromatic heterocycles. The molecule has 1 N–H and O–H groups in total. The summed E-state index contributed by atoms with van der Waals surface area (Å²) in [6.07, 6.45) is -3.22. The Bertz CT molecular complexity index is 714. The van der Waals surface area contributed by atoms with Crippen LogP contribution >= 0.6 is 0 Å². The second-order valence-electron chi connectivity index (χ2n) is 6.44. The lowest BCUT2D eigenvalue weighted by Gasteiger charge is -2.35. The van der Waals surface area contributed by atoms with Gasteiger partial charge in [-0.2, -0.15) is 17.5 Å². The standard InChI is InChI=1S/C16H26F3N5O3S/c1-2-20-15(21-7-4-3-6-16(17,18)19)23-8-10-24(11-9-23)28(25,26)13-14-5-12-27-22-14/h5,12H,2-4,6-11,13H2,1H3,(H,20,21). The Morgan fingerprint density at radius 2 is 2.00 bits per heavy atom. The Balaban J connectivity index is 1.85. The molecule has 2 rings (SSSR count). The maximum atomic E-state index is 12.5. The summed E-state index contributed by atoms with van der Waals surface area (Å²) in [5.74, 6) is 0.389. The second-order valence-corrected chi connectivity index (χ2v) is 8.41. The number of alkyl halides is 3. The number of piperazine rings is 1. The van der Waals surface area contributed by atoms with Crippen LogP contribution in [0.25, 0.3) is 0 Å². The summed E-state index contributed by atoms with van der Waals surface area (Å²) in [6.45, 7) is 4.32. The van der Waals surface area contributed by atoms with Crippen LogP contribution in [0.1, 0.15) is 31.9 Å². The van der Waals surface area contributed by atoms with Crippen molar-refractivity contribution in [2.45, 2.75) is 38.1 Å². The Labute approximate surface area is 162 Å². The van der Waals surface area contributed by atoms with Crippen LogP contribution in [0, 0.1) is 0 Å². The SMILES string of the molecule is CCNC(=NCCCCC(F)(F)F)N1CCN(S(=O)(=O)Cc2ccon2)CC1. The van der Waals surface area contributed by atoms with E-state index in [2.05, 4.69) is 20.0 Å². The lowest BCUT2D eigenvalue weighted by Crippen LogP contribution is -2.53. The van der Waals surface area contributed by atoms with E-state index in [1.165, 1.54) is 16.6 Å². The number of guanidine groups is 1. The van der Waals surface area contributed by atoms with Gasteiger partial charge in [-0.05, 0) is 19.8 Å². The number of aromatic nitrogens is 1. The second kappa shape index (κ2) is 10.1. The zero-order valence-electron chi connectivity index (χ0n) is 15.8. The first kappa shape index (κ1) is 22.5. The molecule has 160 valence electrons. The molecule has 1 fully saturated rings. The highest BCUT2D eigenvalue weighted by Gasteiger charge is 2.29. The van der Waals surface area contributed by atoms with Gasteiger partial charge in [0, 0.05) is 51.8 Å². The number of unbranched alkanes of at least 4 members (excludes halogenated alkanes) is 1. The van der Waals surface area contributed by atoms with Gasteiger partial charge in [0.15, 0.2) is 5.96 Å². The third-order valence-electron chi connectivity index (χ3n) is 4.22. The van der Waals surface area contributed by atoms with E-state index in [-0.39, 0.29) is 12.2 Å². The highest BCUT2D eigenvalue weighted by molar-refractivity contribution is 7.88. The lowest BCUT2D eigenvalue weighted by molar-refractivity contribution is -0.135. The third kappa shape index (κ3) is 7.30. The van der Waals surface area contributed by atoms with E-state index >= 15 is 0 Å². The molecule has 0 atom stereocenters. The van der Waals surface area contributed by atoms with Gasteiger partial charge in [-0.1, -0.05) is 5.16 Å². The molecule has 12 heteroatoms. The van der Waals surface area contributed by atoms with Gasteiger partial charge in [-0.15, -0.1) is 0 Å². The molecule has 28 heavy (non-hydrogen) atoms. The monoisotopic (exact) mass is 425 g/mol. The minimum absolute atomic E-state index is 0.0421. The van der Waals surface area contributed by atoms with Gasteiger partial charge >= 0.3 is 6.18 Å². The number of rotatable bonds is 8. The molecule has 1 saturated heterocycles. The Morgan fingerprint density at radius 1 is 1.29 bits per heavy atom. The van der Waals surface area contributed by atoms with E-state index in [0.717, 1.165) is 0 Å². The van der Waals surface area contributed by atoms with Crippen molar-refractivity contribution in [3.8, 4) is 0 Å². The molecule has 0 saturated carbocycles. The molecule has 2 heterocycles. The average Bonchev–Trinajstić information content (AvgIpc) is 3.12. The number of hydrogen-bond acceptors (Lipinski definition) is 5. The molecular formula is C16H26F3N5O3S. The molecule has 8 nitrogen and oxygen atoms in total. The maximum absolute atomic E-state index is 12.5. The number of nitrogens with zero attached hydrogens (tertiary/aromatic N) is 4. The Hall–Kier alpha value is -1.82. The van der Waals surface area contributed by atoms with E-state index in [9.17, 15) is 21.6 Å². The lowest BCUT2D eigenvalue weighted by atomic mass is 10.2. The smallest absolute Gasteiger partial charge is 0.364 e. The van der Waals surface area contributed by atoms with Gasteiger partial charge in [-0.3, -0.25) is 4.99 Å². The van der Waals surface area contributed by atoms with Gasteiger partial charge in [0.2, 0.25) is 10.0 Å². The summed E-state index contributed by atoms with van der Waals surface area (Å²) >= 11 is 0. The van der Waals surface area contributed by atoms with E-state index in [4.69, 9.17) is 0 Å². The topological polar surface area (TPSA) is 91.0 Å². The molecule has 1 aromatic rings. The van der Waals surface area contributed by atoms with E-state index in [0.29, 0.717) is 57.3 Å². The van der Waals surface area contributed by atoms with Crippen molar-refractivity contribution in [1.82, 2.24) is 19.7 Å². The van der Waals surface area contributed by atoms with Gasteiger partial charge in [-0.25, -0.2) is 8.42 Å². The molecule has 0 aromatic carbocycles. The zero-order chi connectivity index (χ0) is 20.6. The minimum atomic E-state index is -4.14. The Kier molecular flexibility index (Phi) is 8.10. The molecule has 0 aliphatic carbocycles. The fourth-order valence-electron chi connectivity index (χ4n) is 2.82. The molecule has 0 unspecified atom stereocenters. The molecule has 0 amide bonds. The first-order chi connectivity index (χ1) is 13.2. The van der Waals surface area contributed by atoms with Crippen molar-refractivity contribution in [3.05, 3.63) is 18.0 Å². The third-order valence-corrected chi connectivity index (χ3v) is 6.03. The highest BCUT2D eigenvalue weighted by Crippen LogP contribution is 2.22. The number of aliphatic imine (C=N–C) groups is 1. The summed E-state index contributed by atoms with van der Waals surface area (Å²) in [5.41, 5.74) is 0.358. The average molecular weight is 425 g/mol. The molecule has 0 radical (unpaired) electrons. The van der Waals surface area contributed by atoms with E-state index in [1.54, 1.807) is 0 Å². The first-order valence-electron chi connectivity index (χ1n) is 9.18. The summed E-state index contributed by atoms with van der Waals surface area (Å²) < 4.78 is 67.6. The van der Waals surface area contributed by atoms with Crippen LogP contribution in [0.3, 0.4) is 0 Å². The summed E-state index contributed by atoms with van der Waals surface area (Å²) in [7, 11) is -3.49. The fourth-order valence-corrected chi connectivity index (χ4v) is 4.24. The van der Waals surface area contributed by atoms with Gasteiger partial charge in [0.05, 0.1) is 5.69 Å². The summed E-state index contributed by atoms with van der Waals surface area (Å²) in [5, 5.41) is 6.75. The summed E-state index contributed by atoms with van der Waals surface area (Å²) in [6, 6.07) is 1.52. The van der Waals surface area contributed by atoms with Gasteiger partial charge < -0.3 is 14.7 Å². The van der Waals surface area contributed by atoms with Crippen LogP contribution in [-0.4, -0.2) is 74.2 Å². The van der Waals surface area contributed by atoms with Crippen LogP contribution in [-0.2, 0) is 15.8 Å². The predicted molar refractivity (Wildman–Crippen MR) is 98.2 cm³/mol. The number of hydrogen-bond donors (Lipinski definition) is 1. The highest BCUT2D eigenvalue weighted by atomic mass is 32.2. The van der Waals surface area contributed by atoms with E-state index in [1.807, 2.05) is 11.8 Å². The molecule has 1 aliphatic rings. The van der Waals surface area contributed by atoms with Gasteiger partial charge in [0.1, 0.15) is 12.0 Å². The number of halogens is 3. The van der Waals surface area contributed by atoms with E-state index < -0.39 is 22.6 Å². The molecule has 0 spiro atoms. The van der Waals surface area contributed by atoms with Crippen LogP contribution in [0.4, 0.5) is 13.2 Å². The maximum Gasteiger partial charge on any atom is 0.389 e. The first-order valence-corrected chi connectivity index (χ1v) is 10.8. The van der Waals surface area contributed by atoms with Crippen molar-refractivity contribution >= 4 is 16.0 Å². The van der Waals surface area contributed by atoms with Crippen LogP contribution in [0.2, 0.25) is 0 Å². The van der Waals surface area contributed by atoms with Gasteiger partial charge in [0.25, 0.3) is 0 Å². The minimum Gasteiger partial charge on any atom is -0.364 e. The fraction of sp³-hybridized carbons (Fsp3) is 0.750. The largest absolute Gasteiger partial charge is 0.389 e. The van der Waals surface area contributed by atoms with Crippen molar-refractivity contribution < 1.29 is 26.1 Å². The molecule has 0 bridgehead atoms. The summed E-state index contributed by atoms with van der Waals surface area (Å²) in [4.78, 5) is 6.30. The molecular weight excluding hydrogens is 399 g/mol. The van der Waals surface area contributed by atoms with Crippen LogP contribution < -0.4 is 5.32 Å². The van der Waals surface area contributed by atoms with Crippen molar-refractivity contribution in [3.63, 3.8) is 0 Å². The van der Waals surface area contributed by atoms with Crippen LogP contribution in [0.15, 0.2) is 21.8 Å². The van der Waals surface area contributed by atoms with Crippen molar-refractivity contribution in [1.29, 1.82) is 0 Å². The predicted octanol–water partition coefficient (Wildman–Crippen LogP) is 1.82. The van der Waals surface area contributed by atoms with Crippen LogP contribution in [0.5, 0.6) is 0 Å².